The first-order valence-corrected chi connectivity index (χ1v) is 12.7. The third kappa shape index (κ3) is 5.02. The zero-order valence-electron chi connectivity index (χ0n) is 17.6. The molecule has 0 N–H and O–H groups in total. The molecule has 0 aromatic heterocycles. The molecule has 0 saturated carbocycles. The van der Waals surface area contributed by atoms with E-state index in [2.05, 4.69) is 52.8 Å². The van der Waals surface area contributed by atoms with Crippen LogP contribution in [0.25, 0.3) is 16.8 Å². The van der Waals surface area contributed by atoms with E-state index in [4.69, 9.17) is 9.47 Å². The van der Waals surface area contributed by atoms with Crippen molar-refractivity contribution >= 4 is 76.5 Å². The second-order valence-corrected chi connectivity index (χ2v) is 10.3. The van der Waals surface area contributed by atoms with Gasteiger partial charge in [-0.05, 0) is 96.2 Å². The quantitative estimate of drug-likeness (QED) is 0.164. The summed E-state index contributed by atoms with van der Waals surface area (Å²) in [5, 5.41) is 2.17. The molecule has 0 spiro atoms. The summed E-state index contributed by atoms with van der Waals surface area (Å²) in [6.45, 7) is 0.427. The van der Waals surface area contributed by atoms with Crippen molar-refractivity contribution in [3.63, 3.8) is 0 Å². The number of cyclic esters (lactones) is 1. The molecule has 4 aromatic rings. The SMILES string of the molecule is O=C1OC(c2ccc3ccccc3c2)=N/C1=C\c1cc(Br)c(OCc2ccc(Br)cc2)c(Br)c1. The first-order chi connectivity index (χ1) is 16.5. The normalized spacial score (nSPS) is 14.4. The van der Waals surface area contributed by atoms with E-state index in [0.29, 0.717) is 18.3 Å². The lowest BCUT2D eigenvalue weighted by atomic mass is 10.1. The Bertz CT molecular complexity index is 1450. The summed E-state index contributed by atoms with van der Waals surface area (Å²) in [6, 6.07) is 25.6. The summed E-state index contributed by atoms with van der Waals surface area (Å²) < 4.78 is 14.0. The van der Waals surface area contributed by atoms with Gasteiger partial charge in [0.1, 0.15) is 12.4 Å². The van der Waals surface area contributed by atoms with Gasteiger partial charge < -0.3 is 9.47 Å². The second-order valence-electron chi connectivity index (χ2n) is 7.63. The molecule has 5 rings (SSSR count). The minimum Gasteiger partial charge on any atom is -0.487 e. The Morgan fingerprint density at radius 3 is 2.29 bits per heavy atom. The van der Waals surface area contributed by atoms with Crippen LogP contribution in [0.3, 0.4) is 0 Å². The molecule has 1 aliphatic heterocycles. The average molecular weight is 642 g/mol. The van der Waals surface area contributed by atoms with Gasteiger partial charge in [0.15, 0.2) is 5.70 Å². The minimum atomic E-state index is -0.481. The van der Waals surface area contributed by atoms with Gasteiger partial charge in [-0.3, -0.25) is 0 Å². The van der Waals surface area contributed by atoms with Crippen LogP contribution in [0.4, 0.5) is 0 Å². The van der Waals surface area contributed by atoms with Crippen LogP contribution in [0, 0.1) is 0 Å². The summed E-state index contributed by atoms with van der Waals surface area (Å²) in [4.78, 5) is 16.9. The highest BCUT2D eigenvalue weighted by Gasteiger charge is 2.24. The Labute approximate surface area is 221 Å². The van der Waals surface area contributed by atoms with Crippen molar-refractivity contribution in [1.29, 1.82) is 0 Å². The summed E-state index contributed by atoms with van der Waals surface area (Å²) >= 11 is 10.6. The molecule has 1 heterocycles. The average Bonchev–Trinajstić information content (AvgIpc) is 3.19. The van der Waals surface area contributed by atoms with Crippen molar-refractivity contribution in [2.45, 2.75) is 6.61 Å². The summed E-state index contributed by atoms with van der Waals surface area (Å²) in [5.74, 6) is 0.500. The molecule has 0 saturated heterocycles. The van der Waals surface area contributed by atoms with Gasteiger partial charge in [-0.25, -0.2) is 9.79 Å². The van der Waals surface area contributed by atoms with Gasteiger partial charge in [0.25, 0.3) is 0 Å². The second kappa shape index (κ2) is 9.86. The molecule has 0 atom stereocenters. The maximum Gasteiger partial charge on any atom is 0.363 e. The third-order valence-electron chi connectivity index (χ3n) is 5.24. The van der Waals surface area contributed by atoms with E-state index in [1.54, 1.807) is 6.08 Å². The van der Waals surface area contributed by atoms with E-state index in [9.17, 15) is 4.79 Å². The highest BCUT2D eigenvalue weighted by molar-refractivity contribution is 9.11. The van der Waals surface area contributed by atoms with Gasteiger partial charge >= 0.3 is 5.97 Å². The number of benzene rings is 4. The lowest BCUT2D eigenvalue weighted by Gasteiger charge is -2.11. The van der Waals surface area contributed by atoms with E-state index in [0.717, 1.165) is 40.9 Å². The molecule has 0 radical (unpaired) electrons. The Balaban J connectivity index is 1.38. The first-order valence-electron chi connectivity index (χ1n) is 10.3. The Morgan fingerprint density at radius 2 is 1.56 bits per heavy atom. The van der Waals surface area contributed by atoms with E-state index in [-0.39, 0.29) is 5.70 Å². The van der Waals surface area contributed by atoms with E-state index < -0.39 is 5.97 Å². The predicted octanol–water partition coefficient (Wildman–Crippen LogP) is 8.05. The van der Waals surface area contributed by atoms with Crippen LogP contribution in [0.5, 0.6) is 5.75 Å². The standard InChI is InChI=1S/C27H16Br3NO3/c28-21-9-5-16(6-10-21)15-33-25-22(29)11-17(12-23(25)30)13-24-27(32)34-26(31-24)20-8-7-18-3-1-2-4-19(18)14-20/h1-14H,15H2/b24-13-. The zero-order valence-corrected chi connectivity index (χ0v) is 22.4. The number of hydrogen-bond donors (Lipinski definition) is 0. The molecule has 0 amide bonds. The molecule has 0 fully saturated rings. The van der Waals surface area contributed by atoms with Crippen molar-refractivity contribution in [2.24, 2.45) is 4.99 Å². The van der Waals surface area contributed by atoms with Crippen LogP contribution in [0.15, 0.2) is 103 Å². The van der Waals surface area contributed by atoms with Crippen LogP contribution >= 0.6 is 47.8 Å². The number of fused-ring (bicyclic) bond motifs is 1. The molecule has 0 bridgehead atoms. The number of carbonyl (C=O) groups excluding carboxylic acids is 1. The smallest absolute Gasteiger partial charge is 0.363 e. The topological polar surface area (TPSA) is 47.9 Å². The molecule has 0 aliphatic carbocycles. The van der Waals surface area contributed by atoms with Gasteiger partial charge in [0.05, 0.1) is 8.95 Å². The van der Waals surface area contributed by atoms with E-state index in [1.807, 2.05) is 78.9 Å². The maximum atomic E-state index is 12.5. The van der Waals surface area contributed by atoms with Crippen LogP contribution in [0.2, 0.25) is 0 Å². The van der Waals surface area contributed by atoms with E-state index in [1.165, 1.54) is 0 Å². The van der Waals surface area contributed by atoms with E-state index >= 15 is 0 Å². The van der Waals surface area contributed by atoms with Gasteiger partial charge in [0, 0.05) is 10.0 Å². The van der Waals surface area contributed by atoms with Crippen molar-refractivity contribution < 1.29 is 14.3 Å². The fourth-order valence-corrected chi connectivity index (χ4v) is 5.26. The number of aliphatic imine (C=N–C) groups is 1. The summed E-state index contributed by atoms with van der Waals surface area (Å²) in [6.07, 6.45) is 1.70. The molecular weight excluding hydrogens is 626 g/mol. The molecule has 168 valence electrons. The third-order valence-corrected chi connectivity index (χ3v) is 6.94. The van der Waals surface area contributed by atoms with Gasteiger partial charge in [-0.2, -0.15) is 0 Å². The van der Waals surface area contributed by atoms with Gasteiger partial charge in [-0.15, -0.1) is 0 Å². The molecule has 34 heavy (non-hydrogen) atoms. The van der Waals surface area contributed by atoms with Crippen molar-refractivity contribution in [3.05, 3.63) is 115 Å². The fourth-order valence-electron chi connectivity index (χ4n) is 3.55. The first kappa shape index (κ1) is 23.0. The molecule has 7 heteroatoms. The van der Waals surface area contributed by atoms with Crippen LogP contribution in [0.1, 0.15) is 16.7 Å². The molecular formula is C27H16Br3NO3. The highest BCUT2D eigenvalue weighted by Crippen LogP contribution is 2.36. The number of nitrogens with zero attached hydrogens (tertiary/aromatic N) is 1. The van der Waals surface area contributed by atoms with Crippen LogP contribution in [-0.4, -0.2) is 11.9 Å². The molecule has 4 nitrogen and oxygen atoms in total. The summed E-state index contributed by atoms with van der Waals surface area (Å²) in [7, 11) is 0. The number of esters is 1. The number of halogens is 3. The number of rotatable bonds is 5. The maximum absolute atomic E-state index is 12.5. The lowest BCUT2D eigenvalue weighted by molar-refractivity contribution is -0.129. The zero-order chi connectivity index (χ0) is 23.7. The van der Waals surface area contributed by atoms with Crippen molar-refractivity contribution in [1.82, 2.24) is 0 Å². The molecule has 1 aliphatic rings. The molecule has 4 aromatic carbocycles. The Kier molecular flexibility index (Phi) is 6.68. The number of ether oxygens (including phenoxy) is 2. The van der Waals surface area contributed by atoms with Crippen molar-refractivity contribution in [2.75, 3.05) is 0 Å². The highest BCUT2D eigenvalue weighted by atomic mass is 79.9. The van der Waals surface area contributed by atoms with Gasteiger partial charge in [0.2, 0.25) is 5.90 Å². The van der Waals surface area contributed by atoms with Crippen LogP contribution in [-0.2, 0) is 16.1 Å². The Morgan fingerprint density at radius 1 is 0.853 bits per heavy atom. The van der Waals surface area contributed by atoms with Crippen LogP contribution < -0.4 is 4.74 Å². The number of carbonyl (C=O) groups is 1. The number of hydrogen-bond acceptors (Lipinski definition) is 4. The Hall–Kier alpha value is -2.74. The lowest BCUT2D eigenvalue weighted by Crippen LogP contribution is -2.05. The predicted molar refractivity (Wildman–Crippen MR) is 145 cm³/mol. The monoisotopic (exact) mass is 639 g/mol. The largest absolute Gasteiger partial charge is 0.487 e. The molecule has 0 unspecified atom stereocenters. The summed E-state index contributed by atoms with van der Waals surface area (Å²) in [5.41, 5.74) is 2.84. The van der Waals surface area contributed by atoms with Gasteiger partial charge in [-0.1, -0.05) is 58.4 Å². The van der Waals surface area contributed by atoms with Crippen molar-refractivity contribution in [3.8, 4) is 5.75 Å². The minimum absolute atomic E-state index is 0.241. The fraction of sp³-hybridized carbons (Fsp3) is 0.0370.